The first-order valence-corrected chi connectivity index (χ1v) is 6.38. The molecule has 0 aromatic carbocycles. The van der Waals surface area contributed by atoms with Gasteiger partial charge in [-0.1, -0.05) is 0 Å². The third kappa shape index (κ3) is 3.09. The van der Waals surface area contributed by atoms with Crippen LogP contribution in [0.2, 0.25) is 0 Å². The van der Waals surface area contributed by atoms with E-state index in [1.54, 1.807) is 12.4 Å². The van der Waals surface area contributed by atoms with Gasteiger partial charge in [0.2, 0.25) is 5.95 Å². The van der Waals surface area contributed by atoms with E-state index in [1.165, 1.54) is 6.42 Å². The molecular formula is C11H18N4S. The highest BCUT2D eigenvalue weighted by Gasteiger charge is 2.17. The van der Waals surface area contributed by atoms with E-state index in [2.05, 4.69) is 32.4 Å². The molecule has 0 bridgehead atoms. The van der Waals surface area contributed by atoms with E-state index in [9.17, 15) is 0 Å². The number of rotatable bonds is 4. The van der Waals surface area contributed by atoms with E-state index < -0.39 is 0 Å². The molecule has 1 aliphatic heterocycles. The maximum atomic E-state index is 4.27. The lowest BCUT2D eigenvalue weighted by atomic mass is 10.3. The third-order valence-corrected chi connectivity index (χ3v) is 3.16. The van der Waals surface area contributed by atoms with Crippen molar-refractivity contribution in [2.75, 3.05) is 43.4 Å². The van der Waals surface area contributed by atoms with E-state index in [1.807, 2.05) is 6.07 Å². The quantitative estimate of drug-likeness (QED) is 0.791. The molecule has 1 saturated heterocycles. The number of nitrogens with zero attached hydrogens (tertiary/aromatic N) is 4. The maximum Gasteiger partial charge on any atom is 0.225 e. The zero-order valence-electron chi connectivity index (χ0n) is 9.42. The largest absolute Gasteiger partial charge is 0.338 e. The molecule has 0 saturated carbocycles. The van der Waals surface area contributed by atoms with E-state index in [0.29, 0.717) is 0 Å². The van der Waals surface area contributed by atoms with Crippen molar-refractivity contribution >= 4 is 18.6 Å². The summed E-state index contributed by atoms with van der Waals surface area (Å²) in [5.41, 5.74) is 0. The summed E-state index contributed by atoms with van der Waals surface area (Å²) in [5.74, 6) is 1.83. The standard InChI is InChI=1S/C11H18N4S/c16-10-2-5-14-6-8-15(9-7-14)11-12-3-1-4-13-11/h1,3-4,16H,2,5-10H2. The van der Waals surface area contributed by atoms with Gasteiger partial charge in [0.1, 0.15) is 0 Å². The zero-order valence-corrected chi connectivity index (χ0v) is 10.3. The molecule has 1 fully saturated rings. The van der Waals surface area contributed by atoms with Crippen LogP contribution < -0.4 is 4.90 Å². The smallest absolute Gasteiger partial charge is 0.225 e. The minimum Gasteiger partial charge on any atom is -0.338 e. The molecule has 5 heteroatoms. The molecule has 1 aromatic heterocycles. The van der Waals surface area contributed by atoms with Crippen molar-refractivity contribution in [3.05, 3.63) is 18.5 Å². The summed E-state index contributed by atoms with van der Waals surface area (Å²) < 4.78 is 0. The third-order valence-electron chi connectivity index (χ3n) is 2.84. The van der Waals surface area contributed by atoms with Crippen LogP contribution in [-0.4, -0.2) is 53.3 Å². The van der Waals surface area contributed by atoms with E-state index in [0.717, 1.165) is 44.4 Å². The number of thiol groups is 1. The van der Waals surface area contributed by atoms with E-state index in [4.69, 9.17) is 0 Å². The lowest BCUT2D eigenvalue weighted by molar-refractivity contribution is 0.258. The SMILES string of the molecule is SCCCN1CCN(c2ncccn2)CC1. The highest BCUT2D eigenvalue weighted by molar-refractivity contribution is 7.80. The van der Waals surface area contributed by atoms with Crippen LogP contribution in [0, 0.1) is 0 Å². The predicted molar refractivity (Wildman–Crippen MR) is 69.2 cm³/mol. The second-order valence-electron chi connectivity index (χ2n) is 3.95. The van der Waals surface area contributed by atoms with Crippen LogP contribution in [0.4, 0.5) is 5.95 Å². The van der Waals surface area contributed by atoms with Gasteiger partial charge in [0.15, 0.2) is 0 Å². The summed E-state index contributed by atoms with van der Waals surface area (Å²) in [6.07, 6.45) is 4.77. The molecule has 0 spiro atoms. The van der Waals surface area contributed by atoms with Gasteiger partial charge in [0.05, 0.1) is 0 Å². The van der Waals surface area contributed by atoms with Crippen molar-refractivity contribution in [3.8, 4) is 0 Å². The van der Waals surface area contributed by atoms with Crippen LogP contribution in [0.15, 0.2) is 18.5 Å². The molecule has 16 heavy (non-hydrogen) atoms. The van der Waals surface area contributed by atoms with Crippen molar-refractivity contribution in [1.82, 2.24) is 14.9 Å². The Balaban J connectivity index is 1.81. The van der Waals surface area contributed by atoms with Gasteiger partial charge in [0.25, 0.3) is 0 Å². The van der Waals surface area contributed by atoms with Gasteiger partial charge in [-0.15, -0.1) is 0 Å². The predicted octanol–water partition coefficient (Wildman–Crippen LogP) is 0.918. The Morgan fingerprint density at radius 3 is 2.44 bits per heavy atom. The zero-order chi connectivity index (χ0) is 11.2. The van der Waals surface area contributed by atoms with Crippen molar-refractivity contribution in [2.24, 2.45) is 0 Å². The lowest BCUT2D eigenvalue weighted by Gasteiger charge is -2.34. The van der Waals surface area contributed by atoms with Gasteiger partial charge >= 0.3 is 0 Å². The Labute approximate surface area is 102 Å². The topological polar surface area (TPSA) is 32.3 Å². The van der Waals surface area contributed by atoms with Crippen molar-refractivity contribution < 1.29 is 0 Å². The molecule has 2 rings (SSSR count). The van der Waals surface area contributed by atoms with Crippen molar-refractivity contribution in [3.63, 3.8) is 0 Å². The van der Waals surface area contributed by atoms with Gasteiger partial charge < -0.3 is 4.90 Å². The van der Waals surface area contributed by atoms with E-state index >= 15 is 0 Å². The van der Waals surface area contributed by atoms with Crippen LogP contribution in [-0.2, 0) is 0 Å². The van der Waals surface area contributed by atoms with Gasteiger partial charge in [-0.05, 0) is 24.8 Å². The molecule has 88 valence electrons. The summed E-state index contributed by atoms with van der Waals surface area (Å²) in [7, 11) is 0. The Bertz CT molecular complexity index is 298. The fourth-order valence-electron chi connectivity index (χ4n) is 1.92. The molecule has 2 heterocycles. The monoisotopic (exact) mass is 238 g/mol. The first-order chi connectivity index (χ1) is 7.90. The molecular weight excluding hydrogens is 220 g/mol. The maximum absolute atomic E-state index is 4.27. The minimum absolute atomic E-state index is 0.858. The average Bonchev–Trinajstić information content (AvgIpc) is 2.38. The summed E-state index contributed by atoms with van der Waals surface area (Å²) in [6, 6.07) is 1.85. The highest BCUT2D eigenvalue weighted by Crippen LogP contribution is 2.09. The number of anilines is 1. The van der Waals surface area contributed by atoms with Gasteiger partial charge in [-0.25, -0.2) is 9.97 Å². The Morgan fingerprint density at radius 1 is 1.12 bits per heavy atom. The Hall–Kier alpha value is -0.810. The van der Waals surface area contributed by atoms with E-state index in [-0.39, 0.29) is 0 Å². The second kappa shape index (κ2) is 6.06. The van der Waals surface area contributed by atoms with Gasteiger partial charge in [-0.2, -0.15) is 12.6 Å². The van der Waals surface area contributed by atoms with Crippen LogP contribution in [0.3, 0.4) is 0 Å². The normalized spacial score (nSPS) is 17.7. The summed E-state index contributed by atoms with van der Waals surface area (Å²) in [4.78, 5) is 13.3. The summed E-state index contributed by atoms with van der Waals surface area (Å²) in [6.45, 7) is 5.41. The second-order valence-corrected chi connectivity index (χ2v) is 4.40. The molecule has 1 aliphatic rings. The van der Waals surface area contributed by atoms with Gasteiger partial charge in [0, 0.05) is 38.6 Å². The van der Waals surface area contributed by atoms with Crippen LogP contribution in [0.5, 0.6) is 0 Å². The first-order valence-electron chi connectivity index (χ1n) is 5.75. The summed E-state index contributed by atoms with van der Waals surface area (Å²) in [5, 5.41) is 0. The fourth-order valence-corrected chi connectivity index (χ4v) is 2.06. The summed E-state index contributed by atoms with van der Waals surface area (Å²) >= 11 is 4.24. The Kier molecular flexibility index (Phi) is 4.42. The molecule has 0 N–H and O–H groups in total. The first kappa shape index (κ1) is 11.7. The Morgan fingerprint density at radius 2 is 1.81 bits per heavy atom. The van der Waals surface area contributed by atoms with Crippen molar-refractivity contribution in [2.45, 2.75) is 6.42 Å². The number of piperazine rings is 1. The fraction of sp³-hybridized carbons (Fsp3) is 0.636. The molecule has 1 aromatic rings. The molecule has 0 atom stereocenters. The number of hydrogen-bond donors (Lipinski definition) is 1. The minimum atomic E-state index is 0.858. The molecule has 0 radical (unpaired) electrons. The van der Waals surface area contributed by atoms with Crippen molar-refractivity contribution in [1.29, 1.82) is 0 Å². The molecule has 0 amide bonds. The number of aromatic nitrogens is 2. The van der Waals surface area contributed by atoms with Gasteiger partial charge in [-0.3, -0.25) is 4.90 Å². The average molecular weight is 238 g/mol. The van der Waals surface area contributed by atoms with Crippen LogP contribution >= 0.6 is 12.6 Å². The molecule has 0 aliphatic carbocycles. The molecule has 0 unspecified atom stereocenters. The highest BCUT2D eigenvalue weighted by atomic mass is 32.1. The van der Waals surface area contributed by atoms with Crippen LogP contribution in [0.25, 0.3) is 0 Å². The van der Waals surface area contributed by atoms with Crippen LogP contribution in [0.1, 0.15) is 6.42 Å². The molecule has 4 nitrogen and oxygen atoms in total. The number of hydrogen-bond acceptors (Lipinski definition) is 5. The lowest BCUT2D eigenvalue weighted by Crippen LogP contribution is -2.47.